The Balaban J connectivity index is 2.34. The normalized spacial score (nSPS) is 9.71. The zero-order valence-electron chi connectivity index (χ0n) is 9.59. The van der Waals surface area contributed by atoms with Crippen molar-refractivity contribution in [3.63, 3.8) is 0 Å². The van der Waals surface area contributed by atoms with Gasteiger partial charge in [0.25, 0.3) is 0 Å². The lowest BCUT2D eigenvalue weighted by Crippen LogP contribution is -2.32. The molecule has 1 heterocycles. The van der Waals surface area contributed by atoms with Crippen molar-refractivity contribution in [1.82, 2.24) is 9.88 Å². The van der Waals surface area contributed by atoms with E-state index in [9.17, 15) is 9.59 Å². The van der Waals surface area contributed by atoms with Gasteiger partial charge in [0.05, 0.1) is 11.9 Å². The average Bonchev–Trinajstić information content (AvgIpc) is 2.29. The van der Waals surface area contributed by atoms with Crippen LogP contribution in [0.25, 0.3) is 0 Å². The van der Waals surface area contributed by atoms with Gasteiger partial charge in [-0.15, -0.1) is 0 Å². The summed E-state index contributed by atoms with van der Waals surface area (Å²) < 4.78 is 0. The summed E-state index contributed by atoms with van der Waals surface area (Å²) in [6.45, 7) is 0.401. The molecule has 0 aliphatic rings. The molecule has 1 rings (SSSR count). The fourth-order valence-corrected chi connectivity index (χ4v) is 1.22. The minimum Gasteiger partial charge on any atom is -0.481 e. The largest absolute Gasteiger partial charge is 0.481 e. The van der Waals surface area contributed by atoms with E-state index in [4.69, 9.17) is 5.11 Å². The highest BCUT2D eigenvalue weighted by atomic mass is 16.4. The van der Waals surface area contributed by atoms with Gasteiger partial charge in [-0.2, -0.15) is 0 Å². The molecule has 0 unspecified atom stereocenters. The second kappa shape index (κ2) is 6.47. The summed E-state index contributed by atoms with van der Waals surface area (Å²) >= 11 is 0. The fraction of sp³-hybridized carbons (Fsp3) is 0.364. The Labute approximate surface area is 99.3 Å². The van der Waals surface area contributed by atoms with Gasteiger partial charge in [-0.3, -0.25) is 9.78 Å². The molecule has 0 radical (unpaired) electrons. The van der Waals surface area contributed by atoms with Crippen molar-refractivity contribution in [3.05, 3.63) is 24.5 Å². The lowest BCUT2D eigenvalue weighted by Gasteiger charge is -2.17. The molecule has 17 heavy (non-hydrogen) atoms. The number of nitrogens with one attached hydrogen (secondary N) is 1. The van der Waals surface area contributed by atoms with E-state index in [-0.39, 0.29) is 12.5 Å². The molecule has 2 N–H and O–H groups in total. The molecule has 0 spiro atoms. The van der Waals surface area contributed by atoms with Crippen LogP contribution >= 0.6 is 0 Å². The molecular weight excluding hydrogens is 222 g/mol. The van der Waals surface area contributed by atoms with Gasteiger partial charge in [0.2, 0.25) is 0 Å². The maximum absolute atomic E-state index is 11.6. The van der Waals surface area contributed by atoms with Gasteiger partial charge >= 0.3 is 12.0 Å². The Morgan fingerprint density at radius 3 is 2.88 bits per heavy atom. The first-order valence-electron chi connectivity index (χ1n) is 5.23. The van der Waals surface area contributed by atoms with Crippen LogP contribution in [0.1, 0.15) is 12.8 Å². The van der Waals surface area contributed by atoms with Crippen LogP contribution in [0.4, 0.5) is 10.5 Å². The Kier molecular flexibility index (Phi) is 4.93. The third-order valence-corrected chi connectivity index (χ3v) is 2.14. The predicted octanol–water partition coefficient (Wildman–Crippen LogP) is 1.41. The number of carbonyl (C=O) groups excluding carboxylic acids is 1. The molecular formula is C11H15N3O3. The summed E-state index contributed by atoms with van der Waals surface area (Å²) in [5.41, 5.74) is 0.614. The van der Waals surface area contributed by atoms with Crippen molar-refractivity contribution in [2.45, 2.75) is 12.8 Å². The molecule has 92 valence electrons. The third kappa shape index (κ3) is 4.96. The number of urea groups is 1. The van der Waals surface area contributed by atoms with Gasteiger partial charge in [0.15, 0.2) is 0 Å². The van der Waals surface area contributed by atoms with Crippen molar-refractivity contribution in [1.29, 1.82) is 0 Å². The van der Waals surface area contributed by atoms with E-state index in [1.165, 1.54) is 4.90 Å². The number of carboxylic acid groups (broad SMARTS) is 1. The first kappa shape index (κ1) is 13.0. The number of hydrogen-bond donors (Lipinski definition) is 2. The number of nitrogens with zero attached hydrogens (tertiary/aromatic N) is 2. The molecule has 1 aromatic rings. The number of carbonyl (C=O) groups is 2. The van der Waals surface area contributed by atoms with E-state index in [1.807, 2.05) is 0 Å². The molecule has 0 aliphatic heterocycles. The molecule has 0 fully saturated rings. The van der Waals surface area contributed by atoms with Crippen LogP contribution in [-0.4, -0.2) is 40.6 Å². The third-order valence-electron chi connectivity index (χ3n) is 2.14. The number of carboxylic acids is 1. The minimum atomic E-state index is -0.855. The molecule has 0 saturated carbocycles. The van der Waals surface area contributed by atoms with Crippen LogP contribution in [0, 0.1) is 0 Å². The van der Waals surface area contributed by atoms with E-state index < -0.39 is 5.97 Å². The highest BCUT2D eigenvalue weighted by molar-refractivity contribution is 5.88. The lowest BCUT2D eigenvalue weighted by molar-refractivity contribution is -0.137. The van der Waals surface area contributed by atoms with E-state index in [1.54, 1.807) is 31.6 Å². The molecule has 0 aromatic carbocycles. The average molecular weight is 237 g/mol. The Morgan fingerprint density at radius 1 is 1.53 bits per heavy atom. The van der Waals surface area contributed by atoms with E-state index in [0.717, 1.165) is 0 Å². The molecule has 0 bridgehead atoms. The van der Waals surface area contributed by atoms with Crippen molar-refractivity contribution < 1.29 is 14.7 Å². The monoisotopic (exact) mass is 237 g/mol. The lowest BCUT2D eigenvalue weighted by atomic mass is 10.3. The van der Waals surface area contributed by atoms with Crippen LogP contribution in [0.5, 0.6) is 0 Å². The molecule has 0 atom stereocenters. The van der Waals surface area contributed by atoms with E-state index >= 15 is 0 Å². The number of hydrogen-bond acceptors (Lipinski definition) is 3. The van der Waals surface area contributed by atoms with Crippen molar-refractivity contribution in [3.8, 4) is 0 Å². The standard InChI is InChI=1S/C11H15N3O3/c1-14(7-3-5-10(15)16)11(17)13-9-4-2-6-12-8-9/h2,4,6,8H,3,5,7H2,1H3,(H,13,17)(H,15,16). The van der Waals surface area contributed by atoms with Gasteiger partial charge in [0.1, 0.15) is 0 Å². The van der Waals surface area contributed by atoms with Crippen molar-refractivity contribution in [2.24, 2.45) is 0 Å². The van der Waals surface area contributed by atoms with Crippen LogP contribution < -0.4 is 5.32 Å². The molecule has 0 aliphatic carbocycles. The van der Waals surface area contributed by atoms with Crippen molar-refractivity contribution in [2.75, 3.05) is 18.9 Å². The summed E-state index contributed by atoms with van der Waals surface area (Å²) in [4.78, 5) is 27.3. The highest BCUT2D eigenvalue weighted by Crippen LogP contribution is 2.04. The van der Waals surface area contributed by atoms with E-state index in [0.29, 0.717) is 18.7 Å². The summed E-state index contributed by atoms with van der Waals surface area (Å²) in [6, 6.07) is 3.18. The van der Waals surface area contributed by atoms with Crippen molar-refractivity contribution >= 4 is 17.7 Å². The van der Waals surface area contributed by atoms with Gasteiger partial charge < -0.3 is 15.3 Å². The maximum Gasteiger partial charge on any atom is 0.321 e. The first-order chi connectivity index (χ1) is 8.09. The molecule has 0 saturated heterocycles. The van der Waals surface area contributed by atoms with Gasteiger partial charge in [-0.05, 0) is 18.6 Å². The molecule has 2 amide bonds. The number of amides is 2. The Bertz CT molecular complexity index is 381. The van der Waals surface area contributed by atoms with Crippen LogP contribution in [0.2, 0.25) is 0 Å². The predicted molar refractivity (Wildman–Crippen MR) is 62.8 cm³/mol. The topological polar surface area (TPSA) is 82.5 Å². The quantitative estimate of drug-likeness (QED) is 0.811. The molecule has 6 nitrogen and oxygen atoms in total. The Morgan fingerprint density at radius 2 is 2.29 bits per heavy atom. The second-order valence-corrected chi connectivity index (χ2v) is 3.59. The zero-order chi connectivity index (χ0) is 12.7. The first-order valence-corrected chi connectivity index (χ1v) is 5.23. The second-order valence-electron chi connectivity index (χ2n) is 3.59. The minimum absolute atomic E-state index is 0.0600. The fourth-order valence-electron chi connectivity index (χ4n) is 1.22. The summed E-state index contributed by atoms with van der Waals surface area (Å²) in [5.74, 6) is -0.855. The summed E-state index contributed by atoms with van der Waals surface area (Å²) in [7, 11) is 1.62. The smallest absolute Gasteiger partial charge is 0.321 e. The van der Waals surface area contributed by atoms with Gasteiger partial charge in [-0.1, -0.05) is 0 Å². The highest BCUT2D eigenvalue weighted by Gasteiger charge is 2.08. The molecule has 6 heteroatoms. The molecule has 1 aromatic heterocycles. The summed E-state index contributed by atoms with van der Waals surface area (Å²) in [5, 5.41) is 11.1. The van der Waals surface area contributed by atoms with Gasteiger partial charge in [0, 0.05) is 26.2 Å². The number of anilines is 1. The zero-order valence-corrected chi connectivity index (χ0v) is 9.59. The number of rotatable bonds is 5. The van der Waals surface area contributed by atoms with Crippen LogP contribution in [0.15, 0.2) is 24.5 Å². The SMILES string of the molecule is CN(CCCC(=O)O)C(=O)Nc1cccnc1. The van der Waals surface area contributed by atoms with Gasteiger partial charge in [-0.25, -0.2) is 4.79 Å². The van der Waals surface area contributed by atoms with Crippen LogP contribution in [-0.2, 0) is 4.79 Å². The number of aromatic nitrogens is 1. The van der Waals surface area contributed by atoms with Crippen LogP contribution in [0.3, 0.4) is 0 Å². The number of aliphatic carboxylic acids is 1. The van der Waals surface area contributed by atoms with E-state index in [2.05, 4.69) is 10.3 Å². The Hall–Kier alpha value is -2.11. The summed E-state index contributed by atoms with van der Waals surface area (Å²) in [6.07, 6.45) is 3.66. The maximum atomic E-state index is 11.6. The number of pyridine rings is 1.